The summed E-state index contributed by atoms with van der Waals surface area (Å²) in [5.74, 6) is 0.664. The molecule has 0 aliphatic heterocycles. The van der Waals surface area contributed by atoms with Crippen molar-refractivity contribution in [3.05, 3.63) is 0 Å². The van der Waals surface area contributed by atoms with Gasteiger partial charge in [0.15, 0.2) is 0 Å². The van der Waals surface area contributed by atoms with Gasteiger partial charge in [-0.3, -0.25) is 4.79 Å². The Morgan fingerprint density at radius 1 is 1.40 bits per heavy atom. The average molecular weight is 143 g/mol. The first kappa shape index (κ1) is 9.47. The SMILES string of the molecule is CC(C)C[C@H](C)N(C)C=O. The Morgan fingerprint density at radius 2 is 1.90 bits per heavy atom. The van der Waals surface area contributed by atoms with Crippen LogP contribution in [0.25, 0.3) is 0 Å². The third-order valence-electron chi connectivity index (χ3n) is 1.67. The Balaban J connectivity index is 3.60. The molecule has 0 aliphatic rings. The first-order chi connectivity index (χ1) is 4.57. The Bertz CT molecular complexity index is 101. The maximum absolute atomic E-state index is 10.3. The van der Waals surface area contributed by atoms with Gasteiger partial charge in [0.25, 0.3) is 0 Å². The van der Waals surface area contributed by atoms with Crippen LogP contribution in [-0.2, 0) is 4.79 Å². The van der Waals surface area contributed by atoms with Crippen molar-refractivity contribution in [3.63, 3.8) is 0 Å². The van der Waals surface area contributed by atoms with Gasteiger partial charge in [-0.1, -0.05) is 13.8 Å². The van der Waals surface area contributed by atoms with Crippen LogP contribution >= 0.6 is 0 Å². The highest BCUT2D eigenvalue weighted by molar-refractivity contribution is 5.46. The normalized spacial score (nSPS) is 13.3. The lowest BCUT2D eigenvalue weighted by Gasteiger charge is -2.21. The average Bonchev–Trinajstić information content (AvgIpc) is 1.85. The molecule has 0 aromatic rings. The molecule has 0 bridgehead atoms. The van der Waals surface area contributed by atoms with Crippen LogP contribution in [-0.4, -0.2) is 24.4 Å². The van der Waals surface area contributed by atoms with E-state index >= 15 is 0 Å². The Labute approximate surface area is 63.2 Å². The molecule has 10 heavy (non-hydrogen) atoms. The Hall–Kier alpha value is -0.530. The lowest BCUT2D eigenvalue weighted by Crippen LogP contribution is -2.28. The van der Waals surface area contributed by atoms with E-state index in [1.54, 1.807) is 4.90 Å². The lowest BCUT2D eigenvalue weighted by molar-refractivity contribution is -0.118. The maximum Gasteiger partial charge on any atom is 0.209 e. The molecule has 0 rings (SSSR count). The smallest absolute Gasteiger partial charge is 0.209 e. The van der Waals surface area contributed by atoms with E-state index in [-0.39, 0.29) is 0 Å². The van der Waals surface area contributed by atoms with Gasteiger partial charge in [0.05, 0.1) is 0 Å². The van der Waals surface area contributed by atoms with Gasteiger partial charge < -0.3 is 4.90 Å². The van der Waals surface area contributed by atoms with Gasteiger partial charge in [0.2, 0.25) is 6.41 Å². The van der Waals surface area contributed by atoms with Gasteiger partial charge in [-0.15, -0.1) is 0 Å². The minimum absolute atomic E-state index is 0.373. The summed E-state index contributed by atoms with van der Waals surface area (Å²) in [4.78, 5) is 12.0. The van der Waals surface area contributed by atoms with Gasteiger partial charge in [-0.25, -0.2) is 0 Å². The van der Waals surface area contributed by atoms with Crippen molar-refractivity contribution >= 4 is 6.41 Å². The highest BCUT2D eigenvalue weighted by Crippen LogP contribution is 2.07. The number of carbonyl (C=O) groups is 1. The van der Waals surface area contributed by atoms with E-state index in [0.29, 0.717) is 12.0 Å². The zero-order valence-corrected chi connectivity index (χ0v) is 7.29. The first-order valence-electron chi connectivity index (χ1n) is 3.75. The molecule has 0 aliphatic carbocycles. The van der Waals surface area contributed by atoms with Crippen LogP contribution in [0.1, 0.15) is 27.2 Å². The molecule has 60 valence electrons. The molecule has 0 aromatic heterocycles. The fourth-order valence-electron chi connectivity index (χ4n) is 0.952. The largest absolute Gasteiger partial charge is 0.346 e. The van der Waals surface area contributed by atoms with Crippen molar-refractivity contribution < 1.29 is 4.79 Å². The molecule has 0 fully saturated rings. The second kappa shape index (κ2) is 4.31. The van der Waals surface area contributed by atoms with E-state index in [4.69, 9.17) is 0 Å². The van der Waals surface area contributed by atoms with Gasteiger partial charge in [-0.05, 0) is 19.3 Å². The summed E-state index contributed by atoms with van der Waals surface area (Å²) in [5.41, 5.74) is 0. The highest BCUT2D eigenvalue weighted by atomic mass is 16.1. The summed E-state index contributed by atoms with van der Waals surface area (Å²) in [5, 5.41) is 0. The number of amides is 1. The van der Waals surface area contributed by atoms with E-state index in [1.807, 2.05) is 7.05 Å². The number of carbonyl (C=O) groups excluding carboxylic acids is 1. The quantitative estimate of drug-likeness (QED) is 0.546. The van der Waals surface area contributed by atoms with E-state index in [2.05, 4.69) is 20.8 Å². The van der Waals surface area contributed by atoms with Crippen molar-refractivity contribution in [2.75, 3.05) is 7.05 Å². The molecule has 0 aromatic carbocycles. The molecule has 2 nitrogen and oxygen atoms in total. The molecule has 0 heterocycles. The van der Waals surface area contributed by atoms with Gasteiger partial charge >= 0.3 is 0 Å². The summed E-state index contributed by atoms with van der Waals surface area (Å²) >= 11 is 0. The number of hydrogen-bond donors (Lipinski definition) is 0. The van der Waals surface area contributed by atoms with Crippen molar-refractivity contribution in [2.45, 2.75) is 33.2 Å². The van der Waals surface area contributed by atoms with Crippen LogP contribution in [0.4, 0.5) is 0 Å². The summed E-state index contributed by atoms with van der Waals surface area (Å²) in [6.07, 6.45) is 1.96. The Morgan fingerprint density at radius 3 is 2.20 bits per heavy atom. The van der Waals surface area contributed by atoms with Gasteiger partial charge in [0, 0.05) is 13.1 Å². The van der Waals surface area contributed by atoms with Crippen LogP contribution in [0.15, 0.2) is 0 Å². The van der Waals surface area contributed by atoms with Crippen molar-refractivity contribution in [1.29, 1.82) is 0 Å². The van der Waals surface area contributed by atoms with Crippen LogP contribution < -0.4 is 0 Å². The van der Waals surface area contributed by atoms with Crippen molar-refractivity contribution in [3.8, 4) is 0 Å². The van der Waals surface area contributed by atoms with E-state index < -0.39 is 0 Å². The zero-order chi connectivity index (χ0) is 8.15. The topological polar surface area (TPSA) is 20.3 Å². The standard InChI is InChI=1S/C8H17NO/c1-7(2)5-8(3)9(4)6-10/h6-8H,5H2,1-4H3/t8-/m0/s1. The zero-order valence-electron chi connectivity index (χ0n) is 7.29. The summed E-state index contributed by atoms with van der Waals surface area (Å²) in [7, 11) is 1.82. The van der Waals surface area contributed by atoms with E-state index in [1.165, 1.54) is 0 Å². The predicted octanol–water partition coefficient (Wildman–Crippen LogP) is 1.51. The summed E-state index contributed by atoms with van der Waals surface area (Å²) in [6.45, 7) is 6.39. The maximum atomic E-state index is 10.3. The highest BCUT2D eigenvalue weighted by Gasteiger charge is 2.07. The number of hydrogen-bond acceptors (Lipinski definition) is 1. The fourth-order valence-corrected chi connectivity index (χ4v) is 0.952. The number of rotatable bonds is 4. The van der Waals surface area contributed by atoms with E-state index in [0.717, 1.165) is 12.8 Å². The molecular formula is C8H17NO. The molecule has 0 saturated heterocycles. The third-order valence-corrected chi connectivity index (χ3v) is 1.67. The van der Waals surface area contributed by atoms with Crippen LogP contribution in [0.3, 0.4) is 0 Å². The molecule has 1 amide bonds. The monoisotopic (exact) mass is 143 g/mol. The van der Waals surface area contributed by atoms with Crippen LogP contribution in [0.2, 0.25) is 0 Å². The second-order valence-corrected chi connectivity index (χ2v) is 3.25. The van der Waals surface area contributed by atoms with E-state index in [9.17, 15) is 4.79 Å². The Kier molecular flexibility index (Phi) is 4.08. The van der Waals surface area contributed by atoms with Crippen LogP contribution in [0.5, 0.6) is 0 Å². The van der Waals surface area contributed by atoms with Crippen molar-refractivity contribution in [2.24, 2.45) is 5.92 Å². The molecule has 0 N–H and O–H groups in total. The molecular weight excluding hydrogens is 126 g/mol. The number of nitrogens with zero attached hydrogens (tertiary/aromatic N) is 1. The summed E-state index contributed by atoms with van der Waals surface area (Å²) in [6, 6.07) is 0.373. The lowest BCUT2D eigenvalue weighted by atomic mass is 10.1. The fraction of sp³-hybridized carbons (Fsp3) is 0.875. The first-order valence-corrected chi connectivity index (χ1v) is 3.75. The van der Waals surface area contributed by atoms with Gasteiger partial charge in [0.1, 0.15) is 0 Å². The molecule has 0 radical (unpaired) electrons. The van der Waals surface area contributed by atoms with Crippen molar-refractivity contribution in [1.82, 2.24) is 4.90 Å². The minimum Gasteiger partial charge on any atom is -0.346 e. The molecule has 1 atom stereocenters. The molecule has 0 saturated carbocycles. The minimum atomic E-state index is 0.373. The summed E-state index contributed by atoms with van der Waals surface area (Å²) < 4.78 is 0. The third kappa shape index (κ3) is 3.49. The predicted molar refractivity (Wildman–Crippen MR) is 42.7 cm³/mol. The van der Waals surface area contributed by atoms with Crippen LogP contribution in [0, 0.1) is 5.92 Å². The molecule has 0 spiro atoms. The second-order valence-electron chi connectivity index (χ2n) is 3.25. The van der Waals surface area contributed by atoms with Gasteiger partial charge in [-0.2, -0.15) is 0 Å². The molecule has 2 heteroatoms. The molecule has 0 unspecified atom stereocenters.